The van der Waals surface area contributed by atoms with Crippen molar-refractivity contribution in [2.45, 2.75) is 44.6 Å². The first-order valence-corrected chi connectivity index (χ1v) is 5.36. The van der Waals surface area contributed by atoms with Crippen LogP contribution in [0.3, 0.4) is 0 Å². The number of piperidine rings is 1. The normalized spacial score (nSPS) is 34.2. The van der Waals surface area contributed by atoms with E-state index in [1.807, 2.05) is 0 Å². The van der Waals surface area contributed by atoms with E-state index in [0.717, 1.165) is 12.1 Å². The summed E-state index contributed by atoms with van der Waals surface area (Å²) in [6.07, 6.45) is 7.39. The molecule has 0 aromatic heterocycles. The smallest absolute Gasteiger partial charge is 0.0742 e. The number of hydrogen-bond acceptors (Lipinski definition) is 3. The molecule has 1 unspecified atom stereocenters. The first-order chi connectivity index (χ1) is 6.42. The fraction of sp³-hybridized carbons (Fsp3) is 0.900. The maximum atomic E-state index is 8.83. The van der Waals surface area contributed by atoms with Gasteiger partial charge in [-0.2, -0.15) is 0 Å². The van der Waals surface area contributed by atoms with Crippen LogP contribution in [0.4, 0.5) is 0 Å². The Morgan fingerprint density at radius 1 is 1.15 bits per heavy atom. The molecule has 1 heterocycles. The monoisotopic (exact) mass is 182 g/mol. The minimum absolute atomic E-state index is 0.463. The molecule has 1 N–H and O–H groups in total. The average Bonchev–Trinajstić information content (AvgIpc) is 2.67. The summed E-state index contributed by atoms with van der Waals surface area (Å²) in [5.41, 5.74) is 1.02. The Hall–Kier alpha value is -0.570. The lowest BCUT2D eigenvalue weighted by molar-refractivity contribution is 0.197. The third kappa shape index (κ3) is 1.85. The quantitative estimate of drug-likeness (QED) is 0.496. The Morgan fingerprint density at radius 3 is 2.62 bits per heavy atom. The molecule has 1 saturated heterocycles. The van der Waals surface area contributed by atoms with Gasteiger partial charge in [0.15, 0.2) is 0 Å². The lowest BCUT2D eigenvalue weighted by Gasteiger charge is -2.31. The molecule has 1 atom stereocenters. The Labute approximate surface area is 79.4 Å². The molecule has 1 aliphatic carbocycles. The molecule has 3 heteroatoms. The zero-order valence-corrected chi connectivity index (χ0v) is 8.08. The second-order valence-corrected chi connectivity index (χ2v) is 4.10. The van der Waals surface area contributed by atoms with Gasteiger partial charge in [-0.15, -0.1) is 0 Å². The molecule has 0 aromatic carbocycles. The highest BCUT2D eigenvalue weighted by Crippen LogP contribution is 2.24. The molecule has 13 heavy (non-hydrogen) atoms. The summed E-state index contributed by atoms with van der Waals surface area (Å²) in [6, 6.07) is 0.463. The van der Waals surface area contributed by atoms with E-state index >= 15 is 0 Å². The highest BCUT2D eigenvalue weighted by molar-refractivity contribution is 5.90. The molecule has 0 spiro atoms. The lowest BCUT2D eigenvalue weighted by atomic mass is 10.1. The van der Waals surface area contributed by atoms with Gasteiger partial charge in [0.05, 0.1) is 11.8 Å². The molecule has 3 nitrogen and oxygen atoms in total. The van der Waals surface area contributed by atoms with E-state index in [0.29, 0.717) is 6.04 Å². The van der Waals surface area contributed by atoms with Gasteiger partial charge < -0.3 is 5.21 Å². The van der Waals surface area contributed by atoms with Crippen LogP contribution in [0.5, 0.6) is 0 Å². The first kappa shape index (κ1) is 9.00. The Kier molecular flexibility index (Phi) is 2.83. The lowest BCUT2D eigenvalue weighted by Crippen LogP contribution is -2.41. The van der Waals surface area contributed by atoms with E-state index < -0.39 is 0 Å². The predicted octanol–water partition coefficient (Wildman–Crippen LogP) is 1.85. The van der Waals surface area contributed by atoms with Gasteiger partial charge in [-0.3, -0.25) is 4.90 Å². The highest BCUT2D eigenvalue weighted by atomic mass is 16.4. The fourth-order valence-electron chi connectivity index (χ4n) is 2.55. The van der Waals surface area contributed by atoms with Gasteiger partial charge >= 0.3 is 0 Å². The van der Waals surface area contributed by atoms with Crippen LogP contribution in [0.1, 0.15) is 38.5 Å². The largest absolute Gasteiger partial charge is 0.411 e. The van der Waals surface area contributed by atoms with Crippen LogP contribution < -0.4 is 0 Å². The van der Waals surface area contributed by atoms with Crippen molar-refractivity contribution in [2.75, 3.05) is 13.1 Å². The number of nitrogens with zero attached hydrogens (tertiary/aromatic N) is 2. The van der Waals surface area contributed by atoms with Crippen LogP contribution in [0, 0.1) is 0 Å². The van der Waals surface area contributed by atoms with Gasteiger partial charge in [-0.25, -0.2) is 0 Å². The summed E-state index contributed by atoms with van der Waals surface area (Å²) in [5.74, 6) is 0. The van der Waals surface area contributed by atoms with E-state index in [2.05, 4.69) is 10.1 Å². The third-order valence-corrected chi connectivity index (χ3v) is 3.25. The second kappa shape index (κ2) is 4.09. The Morgan fingerprint density at radius 2 is 1.92 bits per heavy atom. The minimum Gasteiger partial charge on any atom is -0.411 e. The van der Waals surface area contributed by atoms with Crippen molar-refractivity contribution in [3.8, 4) is 0 Å². The molecule has 0 aromatic rings. The van der Waals surface area contributed by atoms with Crippen LogP contribution in [-0.2, 0) is 0 Å². The number of oxime groups is 1. The molecule has 1 saturated carbocycles. The molecule has 1 aliphatic heterocycles. The summed E-state index contributed by atoms with van der Waals surface area (Å²) in [7, 11) is 0. The van der Waals surface area contributed by atoms with E-state index in [4.69, 9.17) is 5.21 Å². The molecule has 74 valence electrons. The Bertz CT molecular complexity index is 197. The van der Waals surface area contributed by atoms with Crippen molar-refractivity contribution in [3.63, 3.8) is 0 Å². The van der Waals surface area contributed by atoms with Crippen molar-refractivity contribution in [3.05, 3.63) is 0 Å². The zero-order valence-electron chi connectivity index (χ0n) is 8.08. The van der Waals surface area contributed by atoms with Gasteiger partial charge in [-0.1, -0.05) is 11.6 Å². The molecule has 0 radical (unpaired) electrons. The molecule has 2 rings (SSSR count). The first-order valence-electron chi connectivity index (χ1n) is 5.36. The topological polar surface area (TPSA) is 35.8 Å². The maximum absolute atomic E-state index is 8.83. The van der Waals surface area contributed by atoms with Gasteiger partial charge in [0.1, 0.15) is 0 Å². The van der Waals surface area contributed by atoms with Gasteiger partial charge in [-0.05, 0) is 45.2 Å². The summed E-state index contributed by atoms with van der Waals surface area (Å²) in [6.45, 7) is 2.40. The molecule has 2 fully saturated rings. The van der Waals surface area contributed by atoms with E-state index in [1.54, 1.807) is 0 Å². The summed E-state index contributed by atoms with van der Waals surface area (Å²) in [5, 5.41) is 12.2. The van der Waals surface area contributed by atoms with Crippen LogP contribution in [0.2, 0.25) is 0 Å². The van der Waals surface area contributed by atoms with Crippen molar-refractivity contribution in [2.24, 2.45) is 5.16 Å². The fourth-order valence-corrected chi connectivity index (χ4v) is 2.55. The SMILES string of the molecule is ON=C1CCCC1N1CCCCC1. The Balaban J connectivity index is 1.98. The minimum atomic E-state index is 0.463. The van der Waals surface area contributed by atoms with Crippen molar-refractivity contribution < 1.29 is 5.21 Å². The van der Waals surface area contributed by atoms with Crippen LogP contribution in [-0.4, -0.2) is 35.0 Å². The van der Waals surface area contributed by atoms with Crippen molar-refractivity contribution >= 4 is 5.71 Å². The van der Waals surface area contributed by atoms with Gasteiger partial charge in [0, 0.05) is 0 Å². The molecule has 2 aliphatic rings. The van der Waals surface area contributed by atoms with Gasteiger partial charge in [0.2, 0.25) is 0 Å². The molecular formula is C10H18N2O. The summed E-state index contributed by atoms with van der Waals surface area (Å²) >= 11 is 0. The van der Waals surface area contributed by atoms with E-state index in [1.165, 1.54) is 45.2 Å². The molecular weight excluding hydrogens is 164 g/mol. The summed E-state index contributed by atoms with van der Waals surface area (Å²) in [4.78, 5) is 2.49. The van der Waals surface area contributed by atoms with Gasteiger partial charge in [0.25, 0.3) is 0 Å². The second-order valence-electron chi connectivity index (χ2n) is 4.10. The summed E-state index contributed by atoms with van der Waals surface area (Å²) < 4.78 is 0. The zero-order chi connectivity index (χ0) is 9.10. The number of rotatable bonds is 1. The van der Waals surface area contributed by atoms with Crippen molar-refractivity contribution in [1.82, 2.24) is 4.90 Å². The predicted molar refractivity (Wildman–Crippen MR) is 52.3 cm³/mol. The van der Waals surface area contributed by atoms with E-state index in [-0.39, 0.29) is 0 Å². The molecule has 0 bridgehead atoms. The molecule has 0 amide bonds. The number of likely N-dealkylation sites (tertiary alicyclic amines) is 1. The highest BCUT2D eigenvalue weighted by Gasteiger charge is 2.29. The van der Waals surface area contributed by atoms with E-state index in [9.17, 15) is 0 Å². The van der Waals surface area contributed by atoms with Crippen molar-refractivity contribution in [1.29, 1.82) is 0 Å². The average molecular weight is 182 g/mol. The standard InChI is InChI=1S/C10H18N2O/c13-11-9-5-4-6-10(9)12-7-2-1-3-8-12/h10,13H,1-8H2. The number of hydrogen-bond donors (Lipinski definition) is 1. The van der Waals surface area contributed by atoms with Crippen LogP contribution in [0.15, 0.2) is 5.16 Å². The maximum Gasteiger partial charge on any atom is 0.0742 e. The van der Waals surface area contributed by atoms with Crippen LogP contribution >= 0.6 is 0 Å². The third-order valence-electron chi connectivity index (χ3n) is 3.25. The van der Waals surface area contributed by atoms with Crippen LogP contribution in [0.25, 0.3) is 0 Å².